The molecule has 0 heterocycles. The minimum absolute atomic E-state index is 0.0405. The summed E-state index contributed by atoms with van der Waals surface area (Å²) in [5.41, 5.74) is 2.75. The SMILES string of the molecule is Cc1ccc(OCC(=O)NCCc2ccccc2F)c(C)c1. The predicted octanol–water partition coefficient (Wildman–Crippen LogP) is 3.18. The zero-order valence-electron chi connectivity index (χ0n) is 12.9. The molecule has 22 heavy (non-hydrogen) atoms. The fraction of sp³-hybridized carbons (Fsp3) is 0.278. The summed E-state index contributed by atoms with van der Waals surface area (Å²) < 4.78 is 18.9. The number of halogens is 1. The maximum absolute atomic E-state index is 13.4. The van der Waals surface area contributed by atoms with Crippen molar-refractivity contribution in [1.82, 2.24) is 5.32 Å². The Morgan fingerprint density at radius 3 is 2.68 bits per heavy atom. The van der Waals surface area contributed by atoms with E-state index in [9.17, 15) is 9.18 Å². The highest BCUT2D eigenvalue weighted by molar-refractivity contribution is 5.77. The maximum Gasteiger partial charge on any atom is 0.257 e. The summed E-state index contributed by atoms with van der Waals surface area (Å²) in [6, 6.07) is 12.4. The highest BCUT2D eigenvalue weighted by atomic mass is 19.1. The van der Waals surface area contributed by atoms with Crippen LogP contribution in [0.15, 0.2) is 42.5 Å². The Balaban J connectivity index is 1.75. The van der Waals surface area contributed by atoms with Crippen LogP contribution in [0.5, 0.6) is 5.75 Å². The van der Waals surface area contributed by atoms with Crippen molar-refractivity contribution in [1.29, 1.82) is 0 Å². The van der Waals surface area contributed by atoms with Gasteiger partial charge in [-0.1, -0.05) is 35.9 Å². The lowest BCUT2D eigenvalue weighted by atomic mass is 10.1. The number of amides is 1. The van der Waals surface area contributed by atoms with Gasteiger partial charge in [-0.3, -0.25) is 4.79 Å². The van der Waals surface area contributed by atoms with Crippen LogP contribution in [0.4, 0.5) is 4.39 Å². The first-order valence-corrected chi connectivity index (χ1v) is 7.26. The van der Waals surface area contributed by atoms with Gasteiger partial charge in [-0.2, -0.15) is 0 Å². The number of benzene rings is 2. The van der Waals surface area contributed by atoms with Crippen LogP contribution in [0, 0.1) is 19.7 Å². The van der Waals surface area contributed by atoms with Crippen molar-refractivity contribution in [3.05, 3.63) is 65.0 Å². The van der Waals surface area contributed by atoms with Gasteiger partial charge in [0.25, 0.3) is 5.91 Å². The second kappa shape index (κ2) is 7.59. The smallest absolute Gasteiger partial charge is 0.257 e. The van der Waals surface area contributed by atoms with E-state index in [-0.39, 0.29) is 18.3 Å². The number of hydrogen-bond acceptors (Lipinski definition) is 2. The highest BCUT2D eigenvalue weighted by Crippen LogP contribution is 2.18. The summed E-state index contributed by atoms with van der Waals surface area (Å²) in [5.74, 6) is 0.245. The van der Waals surface area contributed by atoms with Crippen LogP contribution in [-0.2, 0) is 11.2 Å². The number of hydrogen-bond donors (Lipinski definition) is 1. The van der Waals surface area contributed by atoms with Crippen LogP contribution in [-0.4, -0.2) is 19.1 Å². The van der Waals surface area contributed by atoms with Gasteiger partial charge in [-0.15, -0.1) is 0 Å². The first-order valence-electron chi connectivity index (χ1n) is 7.26. The number of carbonyl (C=O) groups is 1. The number of ether oxygens (including phenoxy) is 1. The van der Waals surface area contributed by atoms with E-state index in [4.69, 9.17) is 4.74 Å². The average molecular weight is 301 g/mol. The topological polar surface area (TPSA) is 38.3 Å². The largest absolute Gasteiger partial charge is 0.484 e. The molecule has 0 aliphatic carbocycles. The van der Waals surface area contributed by atoms with Crippen molar-refractivity contribution in [2.45, 2.75) is 20.3 Å². The lowest BCUT2D eigenvalue weighted by Crippen LogP contribution is -2.30. The lowest BCUT2D eigenvalue weighted by molar-refractivity contribution is -0.123. The molecule has 0 aliphatic heterocycles. The fourth-order valence-electron chi connectivity index (χ4n) is 2.19. The van der Waals surface area contributed by atoms with Crippen molar-refractivity contribution < 1.29 is 13.9 Å². The van der Waals surface area contributed by atoms with Gasteiger partial charge in [-0.05, 0) is 43.5 Å². The molecule has 0 radical (unpaired) electrons. The molecule has 0 aromatic heterocycles. The highest BCUT2D eigenvalue weighted by Gasteiger charge is 2.06. The van der Waals surface area contributed by atoms with Crippen LogP contribution in [0.1, 0.15) is 16.7 Å². The molecule has 0 unspecified atom stereocenters. The normalized spacial score (nSPS) is 10.3. The average Bonchev–Trinajstić information content (AvgIpc) is 2.48. The molecule has 0 fully saturated rings. The Morgan fingerprint density at radius 1 is 1.18 bits per heavy atom. The molecule has 2 aromatic rings. The monoisotopic (exact) mass is 301 g/mol. The van der Waals surface area contributed by atoms with Crippen LogP contribution in [0.2, 0.25) is 0 Å². The van der Waals surface area contributed by atoms with Gasteiger partial charge in [-0.25, -0.2) is 4.39 Å². The molecular weight excluding hydrogens is 281 g/mol. The molecule has 0 saturated carbocycles. The minimum atomic E-state index is -0.247. The van der Waals surface area contributed by atoms with Crippen LogP contribution >= 0.6 is 0 Å². The van der Waals surface area contributed by atoms with Crippen LogP contribution in [0.3, 0.4) is 0 Å². The third-order valence-electron chi connectivity index (χ3n) is 3.36. The Morgan fingerprint density at radius 2 is 1.95 bits per heavy atom. The molecule has 1 N–H and O–H groups in total. The van der Waals surface area contributed by atoms with Crippen LogP contribution < -0.4 is 10.1 Å². The molecular formula is C18H20FNO2. The van der Waals surface area contributed by atoms with Gasteiger partial charge in [0, 0.05) is 6.54 Å². The predicted molar refractivity (Wildman–Crippen MR) is 84.5 cm³/mol. The van der Waals surface area contributed by atoms with E-state index < -0.39 is 0 Å². The molecule has 3 nitrogen and oxygen atoms in total. The van der Waals surface area contributed by atoms with E-state index in [1.807, 2.05) is 32.0 Å². The van der Waals surface area contributed by atoms with Gasteiger partial charge >= 0.3 is 0 Å². The number of carbonyl (C=O) groups excluding carboxylic acids is 1. The number of aryl methyl sites for hydroxylation is 2. The van der Waals surface area contributed by atoms with E-state index in [2.05, 4.69) is 5.32 Å². The molecule has 0 atom stereocenters. The van der Waals surface area contributed by atoms with E-state index in [0.29, 0.717) is 24.3 Å². The quantitative estimate of drug-likeness (QED) is 0.890. The van der Waals surface area contributed by atoms with Gasteiger partial charge in [0.1, 0.15) is 11.6 Å². The Labute approximate surface area is 130 Å². The van der Waals surface area contributed by atoms with E-state index in [0.717, 1.165) is 11.1 Å². The molecule has 0 bridgehead atoms. The third-order valence-corrected chi connectivity index (χ3v) is 3.36. The molecule has 0 spiro atoms. The summed E-state index contributed by atoms with van der Waals surface area (Å²) in [4.78, 5) is 11.7. The molecule has 2 rings (SSSR count). The summed E-state index contributed by atoms with van der Waals surface area (Å²) >= 11 is 0. The van der Waals surface area contributed by atoms with E-state index in [1.165, 1.54) is 6.07 Å². The van der Waals surface area contributed by atoms with E-state index in [1.54, 1.807) is 18.2 Å². The van der Waals surface area contributed by atoms with E-state index >= 15 is 0 Å². The van der Waals surface area contributed by atoms with Crippen molar-refractivity contribution in [3.63, 3.8) is 0 Å². The molecule has 1 amide bonds. The summed E-state index contributed by atoms with van der Waals surface area (Å²) in [7, 11) is 0. The zero-order chi connectivity index (χ0) is 15.9. The molecule has 116 valence electrons. The second-order valence-electron chi connectivity index (χ2n) is 5.25. The second-order valence-corrected chi connectivity index (χ2v) is 5.25. The first kappa shape index (κ1) is 16.0. The third kappa shape index (κ3) is 4.58. The molecule has 0 aliphatic rings. The first-order chi connectivity index (χ1) is 10.6. The van der Waals surface area contributed by atoms with Gasteiger partial charge < -0.3 is 10.1 Å². The summed E-state index contributed by atoms with van der Waals surface area (Å²) in [6.07, 6.45) is 0.460. The standard InChI is InChI=1S/C18H20FNO2/c1-13-7-8-17(14(2)11-13)22-12-18(21)20-10-9-15-5-3-4-6-16(15)19/h3-8,11H,9-10,12H2,1-2H3,(H,20,21). The Hall–Kier alpha value is -2.36. The van der Waals surface area contributed by atoms with Crippen molar-refractivity contribution in [3.8, 4) is 5.75 Å². The van der Waals surface area contributed by atoms with Gasteiger partial charge in [0.15, 0.2) is 6.61 Å². The molecule has 0 saturated heterocycles. The van der Waals surface area contributed by atoms with Crippen molar-refractivity contribution >= 4 is 5.91 Å². The van der Waals surface area contributed by atoms with Gasteiger partial charge in [0.05, 0.1) is 0 Å². The Kier molecular flexibility index (Phi) is 5.53. The van der Waals surface area contributed by atoms with Gasteiger partial charge in [0.2, 0.25) is 0 Å². The molecule has 2 aromatic carbocycles. The Bertz CT molecular complexity index is 655. The minimum Gasteiger partial charge on any atom is -0.484 e. The van der Waals surface area contributed by atoms with Crippen molar-refractivity contribution in [2.75, 3.05) is 13.2 Å². The molecule has 4 heteroatoms. The van der Waals surface area contributed by atoms with Crippen molar-refractivity contribution in [2.24, 2.45) is 0 Å². The number of nitrogens with one attached hydrogen (secondary N) is 1. The maximum atomic E-state index is 13.4. The van der Waals surface area contributed by atoms with Crippen LogP contribution in [0.25, 0.3) is 0 Å². The lowest BCUT2D eigenvalue weighted by Gasteiger charge is -2.10. The summed E-state index contributed by atoms with van der Waals surface area (Å²) in [6.45, 7) is 4.29. The summed E-state index contributed by atoms with van der Waals surface area (Å²) in [5, 5.41) is 2.73. The zero-order valence-corrected chi connectivity index (χ0v) is 12.9. The fourth-order valence-corrected chi connectivity index (χ4v) is 2.19. The number of rotatable bonds is 6.